The lowest BCUT2D eigenvalue weighted by molar-refractivity contribution is -0.0639. The van der Waals surface area contributed by atoms with Gasteiger partial charge < -0.3 is 23.8 Å². The van der Waals surface area contributed by atoms with Crippen molar-refractivity contribution in [2.24, 2.45) is 0 Å². The van der Waals surface area contributed by atoms with Gasteiger partial charge in [0.05, 0.1) is 13.2 Å². The van der Waals surface area contributed by atoms with Crippen LogP contribution in [-0.2, 0) is 15.1 Å². The minimum absolute atomic E-state index is 0.366. The maximum Gasteiger partial charge on any atom is 0.345 e. The average Bonchev–Trinajstić information content (AvgIpc) is 3.05. The van der Waals surface area contributed by atoms with Crippen molar-refractivity contribution in [1.29, 1.82) is 0 Å². The SMILES string of the molecule is CCCCCC1OC(=O)c2c3c(c4ccccc4c2O1)OC(c1ccccc1)(c1ccc(N2CCOCC2)cc1)C=C3. The van der Waals surface area contributed by atoms with Crippen LogP contribution < -0.4 is 14.4 Å². The van der Waals surface area contributed by atoms with E-state index in [9.17, 15) is 4.79 Å². The van der Waals surface area contributed by atoms with Gasteiger partial charge in [0.1, 0.15) is 17.1 Å². The maximum absolute atomic E-state index is 13.5. The molecule has 0 saturated carbocycles. The van der Waals surface area contributed by atoms with Crippen LogP contribution >= 0.6 is 0 Å². The van der Waals surface area contributed by atoms with E-state index in [0.29, 0.717) is 29.0 Å². The Kier molecular flexibility index (Phi) is 7.08. The van der Waals surface area contributed by atoms with Crippen molar-refractivity contribution in [2.45, 2.75) is 44.5 Å². The molecule has 0 amide bonds. The molecule has 2 unspecified atom stereocenters. The molecule has 6 nitrogen and oxygen atoms in total. The first-order valence-electron chi connectivity index (χ1n) is 15.0. The Morgan fingerprint density at radius 1 is 0.810 bits per heavy atom. The first-order chi connectivity index (χ1) is 20.7. The van der Waals surface area contributed by atoms with Gasteiger partial charge in [-0.05, 0) is 30.7 Å². The van der Waals surface area contributed by atoms with E-state index in [1.807, 2.05) is 48.5 Å². The van der Waals surface area contributed by atoms with Crippen molar-refractivity contribution < 1.29 is 23.7 Å². The Morgan fingerprint density at radius 2 is 1.50 bits per heavy atom. The van der Waals surface area contributed by atoms with E-state index in [1.54, 1.807) is 0 Å². The molecule has 0 aliphatic carbocycles. The van der Waals surface area contributed by atoms with Crippen molar-refractivity contribution in [3.8, 4) is 11.5 Å². The summed E-state index contributed by atoms with van der Waals surface area (Å²) < 4.78 is 24.8. The Balaban J connectivity index is 1.34. The minimum Gasteiger partial charge on any atom is -0.472 e. The highest BCUT2D eigenvalue weighted by atomic mass is 16.7. The Bertz CT molecular complexity index is 1620. The summed E-state index contributed by atoms with van der Waals surface area (Å²) in [5.74, 6) is 0.866. The molecule has 0 radical (unpaired) electrons. The number of anilines is 1. The predicted octanol–water partition coefficient (Wildman–Crippen LogP) is 7.48. The summed E-state index contributed by atoms with van der Waals surface area (Å²) in [7, 11) is 0. The highest BCUT2D eigenvalue weighted by molar-refractivity contribution is 6.09. The molecule has 0 N–H and O–H groups in total. The lowest BCUT2D eigenvalue weighted by atomic mass is 9.82. The van der Waals surface area contributed by atoms with Gasteiger partial charge in [0, 0.05) is 52.7 Å². The molecule has 2 atom stereocenters. The van der Waals surface area contributed by atoms with Gasteiger partial charge in [0.2, 0.25) is 6.29 Å². The second-order valence-electron chi connectivity index (χ2n) is 11.1. The third-order valence-corrected chi connectivity index (χ3v) is 8.52. The molecule has 1 fully saturated rings. The second kappa shape index (κ2) is 11.2. The summed E-state index contributed by atoms with van der Waals surface area (Å²) in [6.45, 7) is 5.38. The van der Waals surface area contributed by atoms with E-state index in [1.165, 1.54) is 5.69 Å². The van der Waals surface area contributed by atoms with E-state index in [-0.39, 0.29) is 5.97 Å². The smallest absolute Gasteiger partial charge is 0.345 e. The summed E-state index contributed by atoms with van der Waals surface area (Å²) in [5.41, 5.74) is 3.40. The van der Waals surface area contributed by atoms with Gasteiger partial charge in [-0.2, -0.15) is 0 Å². The first kappa shape index (κ1) is 26.6. The van der Waals surface area contributed by atoms with Gasteiger partial charge in [0.15, 0.2) is 5.60 Å². The number of ether oxygens (including phenoxy) is 4. The largest absolute Gasteiger partial charge is 0.472 e. The summed E-state index contributed by atoms with van der Waals surface area (Å²) in [4.78, 5) is 15.9. The van der Waals surface area contributed by atoms with Crippen LogP contribution in [0.15, 0.2) is 84.9 Å². The molecule has 4 aromatic rings. The van der Waals surface area contributed by atoms with Crippen LogP contribution in [0, 0.1) is 0 Å². The van der Waals surface area contributed by atoms with Crippen LogP contribution in [0.5, 0.6) is 11.5 Å². The zero-order valence-electron chi connectivity index (χ0n) is 23.9. The third-order valence-electron chi connectivity index (χ3n) is 8.52. The highest BCUT2D eigenvalue weighted by Crippen LogP contribution is 2.50. The molecule has 0 bridgehead atoms. The lowest BCUT2D eigenvalue weighted by Crippen LogP contribution is -2.37. The van der Waals surface area contributed by atoms with Crippen molar-refractivity contribution in [3.05, 3.63) is 107 Å². The molecule has 3 aliphatic heterocycles. The number of carbonyl (C=O) groups excluding carboxylic acids is 1. The number of cyclic esters (lactones) is 1. The van der Waals surface area contributed by atoms with Gasteiger partial charge in [-0.25, -0.2) is 4.79 Å². The van der Waals surface area contributed by atoms with E-state index in [4.69, 9.17) is 18.9 Å². The third kappa shape index (κ3) is 4.60. The molecule has 0 aromatic heterocycles. The number of fused-ring (bicyclic) bond motifs is 6. The van der Waals surface area contributed by atoms with E-state index >= 15 is 0 Å². The Labute approximate surface area is 246 Å². The summed E-state index contributed by atoms with van der Waals surface area (Å²) in [5, 5.41) is 1.76. The van der Waals surface area contributed by atoms with Gasteiger partial charge in [0.25, 0.3) is 0 Å². The fraction of sp³-hybridized carbons (Fsp3) is 0.306. The van der Waals surface area contributed by atoms with E-state index < -0.39 is 11.9 Å². The van der Waals surface area contributed by atoms with Gasteiger partial charge >= 0.3 is 5.97 Å². The van der Waals surface area contributed by atoms with Gasteiger partial charge in [-0.1, -0.05) is 86.5 Å². The number of rotatable bonds is 7. The van der Waals surface area contributed by atoms with Gasteiger partial charge in [-0.3, -0.25) is 0 Å². The fourth-order valence-electron chi connectivity index (χ4n) is 6.30. The quantitative estimate of drug-likeness (QED) is 0.172. The second-order valence-corrected chi connectivity index (χ2v) is 11.1. The monoisotopic (exact) mass is 561 g/mol. The normalized spacial score (nSPS) is 21.2. The highest BCUT2D eigenvalue weighted by Gasteiger charge is 2.41. The molecule has 1 saturated heterocycles. The number of carbonyl (C=O) groups is 1. The average molecular weight is 562 g/mol. The van der Waals surface area contributed by atoms with Crippen LogP contribution in [0.3, 0.4) is 0 Å². The molecule has 3 aliphatic rings. The molecular weight excluding hydrogens is 526 g/mol. The van der Waals surface area contributed by atoms with Crippen LogP contribution in [0.25, 0.3) is 16.8 Å². The summed E-state index contributed by atoms with van der Waals surface area (Å²) in [6.07, 6.45) is 7.27. The Morgan fingerprint density at radius 3 is 2.24 bits per heavy atom. The van der Waals surface area contributed by atoms with E-state index in [2.05, 4.69) is 54.3 Å². The van der Waals surface area contributed by atoms with E-state index in [0.717, 1.165) is 67.5 Å². The molecule has 6 heteroatoms. The molecule has 4 aromatic carbocycles. The molecule has 42 heavy (non-hydrogen) atoms. The summed E-state index contributed by atoms with van der Waals surface area (Å²) >= 11 is 0. The number of esters is 1. The molecule has 7 rings (SSSR count). The Hall–Kier alpha value is -4.29. The number of morpholine rings is 1. The zero-order valence-corrected chi connectivity index (χ0v) is 23.9. The molecule has 214 valence electrons. The zero-order chi connectivity index (χ0) is 28.5. The van der Waals surface area contributed by atoms with Crippen molar-refractivity contribution in [2.75, 3.05) is 31.2 Å². The predicted molar refractivity (Wildman–Crippen MR) is 164 cm³/mol. The van der Waals surface area contributed by atoms with Gasteiger partial charge in [-0.15, -0.1) is 0 Å². The number of nitrogens with zero attached hydrogens (tertiary/aromatic N) is 1. The summed E-state index contributed by atoms with van der Waals surface area (Å²) in [6, 6.07) is 26.9. The van der Waals surface area contributed by atoms with Crippen LogP contribution in [0.1, 0.15) is 59.7 Å². The number of hydrogen-bond donors (Lipinski definition) is 0. The standard InChI is InChI=1S/C36H35NO5/c1-2-3-5-14-31-40-34-29-13-9-8-12-28(29)33-30(32(34)35(38)41-31)19-20-36(42-33,25-10-6-4-7-11-25)26-15-17-27(18-16-26)37-21-23-39-24-22-37/h4,6-13,15-20,31H,2-3,5,14,21-24H2,1H3. The number of hydrogen-bond acceptors (Lipinski definition) is 6. The van der Waals surface area contributed by atoms with Crippen molar-refractivity contribution in [1.82, 2.24) is 0 Å². The number of unbranched alkanes of at least 4 members (excludes halogenated alkanes) is 2. The van der Waals surface area contributed by atoms with Crippen LogP contribution in [-0.4, -0.2) is 38.6 Å². The lowest BCUT2D eigenvalue weighted by Gasteiger charge is -2.38. The fourth-order valence-corrected chi connectivity index (χ4v) is 6.30. The minimum atomic E-state index is -0.892. The topological polar surface area (TPSA) is 57.2 Å². The maximum atomic E-state index is 13.5. The first-order valence-corrected chi connectivity index (χ1v) is 15.0. The molecule has 3 heterocycles. The molecular formula is C36H35NO5. The van der Waals surface area contributed by atoms with Crippen molar-refractivity contribution in [3.63, 3.8) is 0 Å². The van der Waals surface area contributed by atoms with Crippen molar-refractivity contribution >= 4 is 28.5 Å². The van der Waals surface area contributed by atoms with Crippen LogP contribution in [0.4, 0.5) is 5.69 Å². The van der Waals surface area contributed by atoms with Crippen LogP contribution in [0.2, 0.25) is 0 Å². The number of benzene rings is 4. The molecule has 0 spiro atoms.